The summed E-state index contributed by atoms with van der Waals surface area (Å²) in [5.41, 5.74) is 1.82. The van der Waals surface area contributed by atoms with E-state index >= 15 is 0 Å². The summed E-state index contributed by atoms with van der Waals surface area (Å²) >= 11 is 6.24. The summed E-state index contributed by atoms with van der Waals surface area (Å²) in [6.45, 7) is 2.52. The predicted molar refractivity (Wildman–Crippen MR) is 143 cm³/mol. The average Bonchev–Trinajstić information content (AvgIpc) is 3.10. The van der Waals surface area contributed by atoms with Gasteiger partial charge in [-0.15, -0.1) is 0 Å². The van der Waals surface area contributed by atoms with E-state index in [0.717, 1.165) is 12.8 Å². The van der Waals surface area contributed by atoms with Crippen LogP contribution in [0.15, 0.2) is 36.4 Å². The second-order valence-electron chi connectivity index (χ2n) is 9.83. The van der Waals surface area contributed by atoms with Gasteiger partial charge in [-0.05, 0) is 61.2 Å². The molecule has 39 heavy (non-hydrogen) atoms. The lowest BCUT2D eigenvalue weighted by atomic mass is 10.0. The quantitative estimate of drug-likeness (QED) is 0.406. The average molecular weight is 570 g/mol. The molecule has 2 aliphatic heterocycles. The highest BCUT2D eigenvalue weighted by molar-refractivity contribution is 6.31. The Morgan fingerprint density at radius 2 is 1.85 bits per heavy atom. The molecule has 4 rings (SSSR count). The third kappa shape index (κ3) is 8.30. The molecule has 0 radical (unpaired) electrons. The number of piperazine rings is 1. The molecule has 0 spiro atoms. The number of carbonyl (C=O) groups is 2. The minimum absolute atomic E-state index is 0.0552. The van der Waals surface area contributed by atoms with Gasteiger partial charge in [0.05, 0.1) is 23.8 Å². The normalized spacial score (nSPS) is 18.9. The molecule has 1 unspecified atom stereocenters. The molecule has 1 atom stereocenters. The molecule has 0 aliphatic carbocycles. The first-order valence-corrected chi connectivity index (χ1v) is 13.4. The Labute approximate surface area is 229 Å². The molecule has 3 N–H and O–H groups in total. The van der Waals surface area contributed by atoms with Gasteiger partial charge in [-0.25, -0.2) is 4.39 Å². The summed E-state index contributed by atoms with van der Waals surface area (Å²) in [4.78, 5) is 29.4. The number of carbonyl (C=O) groups excluding carboxylic acids is 2. The number of alkyl halides is 3. The molecule has 0 bridgehead atoms. The Morgan fingerprint density at radius 1 is 1.08 bits per heavy atom. The number of amides is 2. The van der Waals surface area contributed by atoms with Crippen molar-refractivity contribution in [3.8, 4) is 0 Å². The lowest BCUT2D eigenvalue weighted by molar-refractivity contribution is -0.138. The Hall–Kier alpha value is -2.89. The van der Waals surface area contributed by atoms with Crippen molar-refractivity contribution in [2.24, 2.45) is 0 Å². The smallest absolute Gasteiger partial charge is 0.367 e. The van der Waals surface area contributed by atoms with Crippen molar-refractivity contribution in [1.29, 1.82) is 0 Å². The van der Waals surface area contributed by atoms with Gasteiger partial charge in [0.25, 0.3) is 5.91 Å². The molecule has 212 valence electrons. The number of benzene rings is 2. The lowest BCUT2D eigenvalue weighted by Gasteiger charge is -2.37. The van der Waals surface area contributed by atoms with Gasteiger partial charge >= 0.3 is 6.18 Å². The first kappa shape index (κ1) is 29.1. The molecule has 2 aromatic carbocycles. The standard InChI is InChI=1S/C27H32ClF4N5O2/c28-19-4-7-22(24(16-19)37-13-11-36(12-14-37)10-8-27(30,31)32)35-25(38)21-6-5-20(29)15-18(21)17-34-23-3-1-2-9-33-26(23)39/h4-7,15-16,23,34H,1-3,8-14,17H2,(H,33,39)(H,35,38). The van der Waals surface area contributed by atoms with Gasteiger partial charge in [-0.2, -0.15) is 13.2 Å². The summed E-state index contributed by atoms with van der Waals surface area (Å²) < 4.78 is 51.9. The van der Waals surface area contributed by atoms with E-state index in [0.29, 0.717) is 61.1 Å². The van der Waals surface area contributed by atoms with Crippen molar-refractivity contribution in [2.45, 2.75) is 44.4 Å². The molecule has 2 amide bonds. The Bertz CT molecular complexity index is 1170. The van der Waals surface area contributed by atoms with E-state index in [4.69, 9.17) is 11.6 Å². The van der Waals surface area contributed by atoms with Gasteiger partial charge in [-0.3, -0.25) is 14.5 Å². The highest BCUT2D eigenvalue weighted by Crippen LogP contribution is 2.31. The van der Waals surface area contributed by atoms with Crippen LogP contribution in [0.2, 0.25) is 5.02 Å². The number of nitrogens with one attached hydrogen (secondary N) is 3. The van der Waals surface area contributed by atoms with E-state index in [2.05, 4.69) is 16.0 Å². The van der Waals surface area contributed by atoms with Crippen LogP contribution in [-0.2, 0) is 11.3 Å². The van der Waals surface area contributed by atoms with Gasteiger partial charge < -0.3 is 20.9 Å². The molecule has 7 nitrogen and oxygen atoms in total. The van der Waals surface area contributed by atoms with Crippen molar-refractivity contribution in [1.82, 2.24) is 15.5 Å². The summed E-state index contributed by atoms with van der Waals surface area (Å²) in [6, 6.07) is 8.48. The highest BCUT2D eigenvalue weighted by Gasteiger charge is 2.29. The van der Waals surface area contributed by atoms with E-state index in [1.54, 1.807) is 23.1 Å². The first-order chi connectivity index (χ1) is 18.6. The predicted octanol–water partition coefficient (Wildman–Crippen LogP) is 4.56. The molecule has 2 saturated heterocycles. The van der Waals surface area contributed by atoms with Crippen LogP contribution < -0.4 is 20.9 Å². The van der Waals surface area contributed by atoms with Gasteiger partial charge in [0.1, 0.15) is 5.82 Å². The molecule has 2 aliphatic rings. The number of anilines is 2. The molecule has 2 aromatic rings. The third-order valence-electron chi connectivity index (χ3n) is 7.02. The van der Waals surface area contributed by atoms with Gasteiger partial charge in [0.2, 0.25) is 5.91 Å². The van der Waals surface area contributed by atoms with E-state index in [1.807, 2.05) is 4.90 Å². The molecular formula is C27H32ClF4N5O2. The first-order valence-electron chi connectivity index (χ1n) is 13.0. The fraction of sp³-hybridized carbons (Fsp3) is 0.481. The van der Waals surface area contributed by atoms with Gasteiger partial charge in [0, 0.05) is 56.4 Å². The zero-order valence-corrected chi connectivity index (χ0v) is 22.2. The molecule has 0 saturated carbocycles. The van der Waals surface area contributed by atoms with Crippen LogP contribution in [0.5, 0.6) is 0 Å². The number of nitrogens with zero attached hydrogens (tertiary/aromatic N) is 2. The fourth-order valence-corrected chi connectivity index (χ4v) is 5.02. The maximum Gasteiger partial charge on any atom is 0.390 e. The van der Waals surface area contributed by atoms with Crippen LogP contribution in [0, 0.1) is 5.82 Å². The summed E-state index contributed by atoms with van der Waals surface area (Å²) in [5.74, 6) is -1.06. The maximum atomic E-state index is 14.1. The second-order valence-corrected chi connectivity index (χ2v) is 10.3. The number of halogens is 5. The van der Waals surface area contributed by atoms with Crippen LogP contribution in [0.3, 0.4) is 0 Å². The maximum absolute atomic E-state index is 14.1. The Kier molecular flexibility index (Phi) is 9.68. The monoisotopic (exact) mass is 569 g/mol. The zero-order valence-electron chi connectivity index (χ0n) is 21.4. The van der Waals surface area contributed by atoms with Crippen molar-refractivity contribution in [3.63, 3.8) is 0 Å². The van der Waals surface area contributed by atoms with Crippen molar-refractivity contribution < 1.29 is 27.2 Å². The summed E-state index contributed by atoms with van der Waals surface area (Å²) in [7, 11) is 0. The lowest BCUT2D eigenvalue weighted by Crippen LogP contribution is -2.47. The number of hydrogen-bond acceptors (Lipinski definition) is 5. The third-order valence-corrected chi connectivity index (χ3v) is 7.25. The van der Waals surface area contributed by atoms with E-state index in [-0.39, 0.29) is 24.6 Å². The largest absolute Gasteiger partial charge is 0.390 e. The molecular weight excluding hydrogens is 538 g/mol. The van der Waals surface area contributed by atoms with Crippen LogP contribution in [0.25, 0.3) is 0 Å². The van der Waals surface area contributed by atoms with Gasteiger partial charge in [-0.1, -0.05) is 11.6 Å². The van der Waals surface area contributed by atoms with Crippen LogP contribution in [0.1, 0.15) is 41.6 Å². The molecule has 12 heteroatoms. The fourth-order valence-electron chi connectivity index (χ4n) is 4.86. The van der Waals surface area contributed by atoms with Crippen LogP contribution in [-0.4, -0.2) is 68.2 Å². The van der Waals surface area contributed by atoms with Crippen LogP contribution >= 0.6 is 11.6 Å². The van der Waals surface area contributed by atoms with Gasteiger partial charge in [0.15, 0.2) is 0 Å². The second kappa shape index (κ2) is 13.0. The van der Waals surface area contributed by atoms with E-state index < -0.39 is 30.4 Å². The minimum atomic E-state index is -4.20. The van der Waals surface area contributed by atoms with Crippen LogP contribution in [0.4, 0.5) is 28.9 Å². The van der Waals surface area contributed by atoms with Crippen molar-refractivity contribution in [2.75, 3.05) is 49.5 Å². The number of rotatable bonds is 8. The van der Waals surface area contributed by atoms with Crippen molar-refractivity contribution >= 4 is 34.8 Å². The number of hydrogen-bond donors (Lipinski definition) is 3. The summed E-state index contributed by atoms with van der Waals surface area (Å²) in [6.07, 6.45) is -2.63. The highest BCUT2D eigenvalue weighted by atomic mass is 35.5. The zero-order chi connectivity index (χ0) is 28.0. The molecule has 2 heterocycles. The molecule has 2 fully saturated rings. The molecule has 0 aromatic heterocycles. The van der Waals surface area contributed by atoms with Crippen molar-refractivity contribution in [3.05, 3.63) is 58.4 Å². The Balaban J connectivity index is 1.45. The van der Waals surface area contributed by atoms with E-state index in [1.165, 1.54) is 18.2 Å². The SMILES string of the molecule is O=C(Nc1ccc(Cl)cc1N1CCN(CCC(F)(F)F)CC1)c1ccc(F)cc1CNC1CCCCNC1=O. The topological polar surface area (TPSA) is 76.7 Å². The Morgan fingerprint density at radius 3 is 2.59 bits per heavy atom. The minimum Gasteiger partial charge on any atom is -0.367 e. The summed E-state index contributed by atoms with van der Waals surface area (Å²) in [5, 5.41) is 9.34. The van der Waals surface area contributed by atoms with E-state index in [9.17, 15) is 27.2 Å².